The molecule has 0 aromatic heterocycles. The first-order chi connectivity index (χ1) is 12.7. The lowest BCUT2D eigenvalue weighted by atomic mass is 9.79. The van der Waals surface area contributed by atoms with Crippen molar-refractivity contribution in [2.75, 3.05) is 17.4 Å². The van der Waals surface area contributed by atoms with Crippen LogP contribution in [0, 0.1) is 6.92 Å². The summed E-state index contributed by atoms with van der Waals surface area (Å²) >= 11 is 0. The van der Waals surface area contributed by atoms with Gasteiger partial charge in [-0.05, 0) is 86.2 Å². The van der Waals surface area contributed by atoms with Gasteiger partial charge in [0.15, 0.2) is 0 Å². The average Bonchev–Trinajstić information content (AvgIpc) is 2.61. The van der Waals surface area contributed by atoms with Gasteiger partial charge in [-0.2, -0.15) is 5.10 Å². The highest BCUT2D eigenvalue weighted by Gasteiger charge is 2.34. The number of hydrazone groups is 1. The van der Waals surface area contributed by atoms with Crippen LogP contribution in [0.2, 0.25) is 0 Å². The van der Waals surface area contributed by atoms with Crippen molar-refractivity contribution in [1.82, 2.24) is 0 Å². The van der Waals surface area contributed by atoms with Crippen molar-refractivity contribution in [3.8, 4) is 0 Å². The Bertz CT molecular complexity index is 885. The van der Waals surface area contributed by atoms with Crippen LogP contribution in [0.5, 0.6) is 0 Å². The minimum absolute atomic E-state index is 0.151. The van der Waals surface area contributed by atoms with Gasteiger partial charge in [0, 0.05) is 18.3 Å². The molecule has 0 radical (unpaired) electrons. The van der Waals surface area contributed by atoms with Gasteiger partial charge >= 0.3 is 5.97 Å². The maximum Gasteiger partial charge on any atom is 0.335 e. The van der Waals surface area contributed by atoms with Crippen molar-refractivity contribution in [1.29, 1.82) is 0 Å². The zero-order valence-electron chi connectivity index (χ0n) is 16.6. The monoisotopic (exact) mass is 365 g/mol. The number of rotatable bonds is 4. The molecular weight excluding hydrogens is 338 g/mol. The van der Waals surface area contributed by atoms with E-state index < -0.39 is 5.97 Å². The Morgan fingerprint density at radius 1 is 1.30 bits per heavy atom. The van der Waals surface area contributed by atoms with E-state index in [0.717, 1.165) is 17.7 Å². The van der Waals surface area contributed by atoms with E-state index in [0.29, 0.717) is 5.92 Å². The third-order valence-corrected chi connectivity index (χ3v) is 5.55. The summed E-state index contributed by atoms with van der Waals surface area (Å²) in [5.41, 5.74) is 9.05. The molecule has 0 amide bonds. The normalized spacial score (nSPS) is 18.4. The Hall–Kier alpha value is -2.82. The molecule has 1 aliphatic rings. The minimum atomic E-state index is -0.933. The summed E-state index contributed by atoms with van der Waals surface area (Å²) in [6.07, 6.45) is 2.94. The van der Waals surface area contributed by atoms with Crippen molar-refractivity contribution >= 4 is 23.6 Å². The van der Waals surface area contributed by atoms with E-state index in [1.807, 2.05) is 6.21 Å². The third kappa shape index (κ3) is 3.82. The summed E-state index contributed by atoms with van der Waals surface area (Å²) in [6.45, 7) is 8.96. The predicted molar refractivity (Wildman–Crippen MR) is 111 cm³/mol. The zero-order chi connectivity index (χ0) is 19.8. The molecule has 1 unspecified atom stereocenters. The molecule has 2 aromatic rings. The van der Waals surface area contributed by atoms with Crippen LogP contribution in [0.4, 0.5) is 11.4 Å². The lowest BCUT2D eigenvalue weighted by Gasteiger charge is -2.45. The maximum atomic E-state index is 10.9. The van der Waals surface area contributed by atoms with Crippen LogP contribution in [0.15, 0.2) is 41.5 Å². The molecule has 2 aromatic carbocycles. The van der Waals surface area contributed by atoms with Crippen LogP contribution in [-0.4, -0.2) is 29.9 Å². The largest absolute Gasteiger partial charge is 0.478 e. The molecule has 0 bridgehead atoms. The number of aromatic carboxylic acids is 1. The lowest BCUT2D eigenvalue weighted by molar-refractivity contribution is 0.0697. The fraction of sp³-hybridized carbons (Fsp3) is 0.364. The first kappa shape index (κ1) is 19.0. The van der Waals surface area contributed by atoms with E-state index in [4.69, 9.17) is 5.11 Å². The van der Waals surface area contributed by atoms with Crippen LogP contribution in [-0.2, 0) is 0 Å². The standard InChI is InChI=1S/C22H27N3O2/c1-14-10-20-19(15(2)12-22(3,4)25(20)5)11-17(14)13-23-24-18-8-6-16(7-9-18)21(26)27/h6-11,13,15,24H,12H2,1-5H3,(H,26,27)/b23-13+. The Balaban J connectivity index is 1.81. The number of nitrogens with one attached hydrogen (secondary N) is 1. The number of carbonyl (C=O) groups is 1. The highest BCUT2D eigenvalue weighted by molar-refractivity contribution is 5.88. The molecule has 1 atom stereocenters. The van der Waals surface area contributed by atoms with Gasteiger partial charge in [0.05, 0.1) is 17.5 Å². The van der Waals surface area contributed by atoms with E-state index in [1.54, 1.807) is 24.3 Å². The van der Waals surface area contributed by atoms with Gasteiger partial charge in [-0.25, -0.2) is 4.79 Å². The number of hydrogen-bond acceptors (Lipinski definition) is 4. The molecule has 0 saturated carbocycles. The van der Waals surface area contributed by atoms with Gasteiger partial charge < -0.3 is 10.0 Å². The fourth-order valence-electron chi connectivity index (χ4n) is 3.74. The first-order valence-electron chi connectivity index (χ1n) is 9.20. The van der Waals surface area contributed by atoms with Gasteiger partial charge in [-0.1, -0.05) is 6.92 Å². The highest BCUT2D eigenvalue weighted by Crippen LogP contribution is 2.43. The Kier molecular flexibility index (Phi) is 4.96. The number of benzene rings is 2. The summed E-state index contributed by atoms with van der Waals surface area (Å²) in [4.78, 5) is 13.3. The number of carboxylic acid groups (broad SMARTS) is 1. The van der Waals surface area contributed by atoms with Gasteiger partial charge in [0.25, 0.3) is 0 Å². The van der Waals surface area contributed by atoms with Gasteiger partial charge in [0.1, 0.15) is 0 Å². The minimum Gasteiger partial charge on any atom is -0.478 e. The van der Waals surface area contributed by atoms with Crippen LogP contribution >= 0.6 is 0 Å². The van der Waals surface area contributed by atoms with Crippen molar-refractivity contribution in [2.24, 2.45) is 5.10 Å². The quantitative estimate of drug-likeness (QED) is 0.600. The number of carboxylic acids is 1. The van der Waals surface area contributed by atoms with E-state index in [2.05, 4.69) is 62.3 Å². The third-order valence-electron chi connectivity index (χ3n) is 5.55. The summed E-state index contributed by atoms with van der Waals surface area (Å²) in [6, 6.07) is 11.0. The second-order valence-corrected chi connectivity index (χ2v) is 8.00. The van der Waals surface area contributed by atoms with Gasteiger partial charge in [0.2, 0.25) is 0 Å². The molecular formula is C22H27N3O2. The van der Waals surface area contributed by atoms with Gasteiger partial charge in [-0.3, -0.25) is 5.43 Å². The number of hydrogen-bond donors (Lipinski definition) is 2. The van der Waals surface area contributed by atoms with E-state index in [-0.39, 0.29) is 11.1 Å². The second kappa shape index (κ2) is 7.06. The van der Waals surface area contributed by atoms with E-state index in [1.165, 1.54) is 16.8 Å². The molecule has 0 saturated heterocycles. The van der Waals surface area contributed by atoms with Crippen LogP contribution < -0.4 is 10.3 Å². The predicted octanol–water partition coefficient (Wildman–Crippen LogP) is 4.86. The molecule has 27 heavy (non-hydrogen) atoms. The number of anilines is 2. The molecule has 1 aliphatic heterocycles. The number of nitrogens with zero attached hydrogens (tertiary/aromatic N) is 2. The molecule has 5 nitrogen and oxygen atoms in total. The number of aryl methyl sites for hydroxylation is 1. The highest BCUT2D eigenvalue weighted by atomic mass is 16.4. The zero-order valence-corrected chi connectivity index (χ0v) is 16.6. The Morgan fingerprint density at radius 3 is 2.59 bits per heavy atom. The Labute approximate surface area is 160 Å². The summed E-state index contributed by atoms with van der Waals surface area (Å²) in [5.74, 6) is -0.438. The van der Waals surface area contributed by atoms with Crippen LogP contribution in [0.3, 0.4) is 0 Å². The smallest absolute Gasteiger partial charge is 0.335 e. The van der Waals surface area contributed by atoms with Crippen molar-refractivity contribution < 1.29 is 9.90 Å². The molecule has 5 heteroatoms. The number of fused-ring (bicyclic) bond motifs is 1. The lowest BCUT2D eigenvalue weighted by Crippen LogP contribution is -2.45. The SMILES string of the molecule is Cc1cc2c(cc1/C=N/Nc1ccc(C(=O)O)cc1)C(C)CC(C)(C)N2C. The van der Waals surface area contributed by atoms with Gasteiger partial charge in [-0.15, -0.1) is 0 Å². The summed E-state index contributed by atoms with van der Waals surface area (Å²) in [7, 11) is 2.17. The fourth-order valence-corrected chi connectivity index (χ4v) is 3.74. The van der Waals surface area contributed by atoms with Crippen molar-refractivity contribution in [3.63, 3.8) is 0 Å². The molecule has 2 N–H and O–H groups in total. The second-order valence-electron chi connectivity index (χ2n) is 8.00. The molecule has 3 rings (SSSR count). The topological polar surface area (TPSA) is 64.9 Å². The summed E-state index contributed by atoms with van der Waals surface area (Å²) < 4.78 is 0. The van der Waals surface area contributed by atoms with E-state index >= 15 is 0 Å². The van der Waals surface area contributed by atoms with Crippen LogP contribution in [0.1, 0.15) is 60.2 Å². The van der Waals surface area contributed by atoms with Crippen molar-refractivity contribution in [3.05, 3.63) is 58.7 Å². The van der Waals surface area contributed by atoms with Crippen LogP contribution in [0.25, 0.3) is 0 Å². The molecule has 0 spiro atoms. The molecule has 0 aliphatic carbocycles. The maximum absolute atomic E-state index is 10.9. The van der Waals surface area contributed by atoms with Crippen molar-refractivity contribution in [2.45, 2.75) is 45.6 Å². The van der Waals surface area contributed by atoms with E-state index in [9.17, 15) is 4.79 Å². The molecule has 142 valence electrons. The first-order valence-corrected chi connectivity index (χ1v) is 9.20. The summed E-state index contributed by atoms with van der Waals surface area (Å²) in [5, 5.41) is 13.3. The molecule has 0 fully saturated rings. The molecule has 1 heterocycles. The Morgan fingerprint density at radius 2 is 1.96 bits per heavy atom. The average molecular weight is 365 g/mol.